The Morgan fingerprint density at radius 3 is 2.52 bits per heavy atom. The number of nitrogens with one attached hydrogen (secondary N) is 1. The average Bonchev–Trinajstić information content (AvgIpc) is 2.54. The molecule has 0 radical (unpaired) electrons. The molecule has 0 atom stereocenters. The zero-order chi connectivity index (χ0) is 18.6. The van der Waals surface area contributed by atoms with Crippen molar-refractivity contribution >= 4 is 40.7 Å². The van der Waals surface area contributed by atoms with Crippen LogP contribution in [0.4, 0.5) is 5.69 Å². The highest BCUT2D eigenvalue weighted by Crippen LogP contribution is 2.22. The molecule has 0 aliphatic carbocycles. The number of hydrogen-bond acceptors (Lipinski definition) is 2. The van der Waals surface area contributed by atoms with Crippen LogP contribution in [0.15, 0.2) is 36.4 Å². The van der Waals surface area contributed by atoms with Crippen molar-refractivity contribution in [1.82, 2.24) is 4.90 Å². The van der Waals surface area contributed by atoms with Crippen LogP contribution in [0.25, 0.3) is 0 Å². The molecule has 132 valence electrons. The van der Waals surface area contributed by atoms with E-state index in [9.17, 15) is 9.59 Å². The summed E-state index contributed by atoms with van der Waals surface area (Å²) in [7, 11) is 1.59. The van der Waals surface area contributed by atoms with Gasteiger partial charge in [-0.2, -0.15) is 0 Å². The summed E-state index contributed by atoms with van der Waals surface area (Å²) >= 11 is 11.9. The summed E-state index contributed by atoms with van der Waals surface area (Å²) in [6, 6.07) is 10.7. The van der Waals surface area contributed by atoms with E-state index < -0.39 is 0 Å². The minimum absolute atomic E-state index is 0.0303. The second-order valence-corrected chi connectivity index (χ2v) is 6.80. The zero-order valence-corrected chi connectivity index (χ0v) is 15.9. The van der Waals surface area contributed by atoms with E-state index in [1.807, 2.05) is 32.0 Å². The molecule has 6 heteroatoms. The molecule has 0 saturated heterocycles. The number of likely N-dealkylation sites (N-methyl/N-ethyl adjacent to an activating group) is 1. The molecular formula is C19H20Cl2N2O2. The summed E-state index contributed by atoms with van der Waals surface area (Å²) in [5.41, 5.74) is 3.54. The van der Waals surface area contributed by atoms with E-state index in [0.717, 1.165) is 16.8 Å². The van der Waals surface area contributed by atoms with Crippen LogP contribution in [0.5, 0.6) is 0 Å². The standard InChI is InChI=1S/C19H20Cl2N2O2/c1-12-5-4-6-17(13(12)2)22-18(24)11-23(3)19(25)9-14-7-8-15(20)10-16(14)21/h4-8,10H,9,11H2,1-3H3,(H,22,24). The maximum Gasteiger partial charge on any atom is 0.243 e. The Labute approximate surface area is 157 Å². The highest BCUT2D eigenvalue weighted by molar-refractivity contribution is 6.35. The van der Waals surface area contributed by atoms with Gasteiger partial charge in [0.2, 0.25) is 11.8 Å². The molecule has 4 nitrogen and oxygen atoms in total. The fourth-order valence-corrected chi connectivity index (χ4v) is 2.82. The van der Waals surface area contributed by atoms with E-state index in [2.05, 4.69) is 5.32 Å². The van der Waals surface area contributed by atoms with Crippen molar-refractivity contribution in [3.63, 3.8) is 0 Å². The van der Waals surface area contributed by atoms with Gasteiger partial charge in [-0.1, -0.05) is 41.4 Å². The number of carbonyl (C=O) groups excluding carboxylic acids is 2. The number of amides is 2. The van der Waals surface area contributed by atoms with Gasteiger partial charge < -0.3 is 10.2 Å². The van der Waals surface area contributed by atoms with Crippen LogP contribution in [0.1, 0.15) is 16.7 Å². The molecule has 25 heavy (non-hydrogen) atoms. The smallest absolute Gasteiger partial charge is 0.243 e. The van der Waals surface area contributed by atoms with Crippen LogP contribution in [0.3, 0.4) is 0 Å². The fraction of sp³-hybridized carbons (Fsp3) is 0.263. The van der Waals surface area contributed by atoms with Gasteiger partial charge >= 0.3 is 0 Å². The van der Waals surface area contributed by atoms with Gasteiger partial charge in [-0.3, -0.25) is 9.59 Å². The number of anilines is 1. The molecule has 0 spiro atoms. The molecule has 0 aliphatic rings. The van der Waals surface area contributed by atoms with E-state index in [4.69, 9.17) is 23.2 Å². The first-order valence-electron chi connectivity index (χ1n) is 7.82. The molecule has 0 aromatic heterocycles. The topological polar surface area (TPSA) is 49.4 Å². The molecule has 0 heterocycles. The summed E-state index contributed by atoms with van der Waals surface area (Å²) in [6.07, 6.45) is 0.114. The van der Waals surface area contributed by atoms with Crippen LogP contribution in [-0.4, -0.2) is 30.3 Å². The van der Waals surface area contributed by atoms with E-state index >= 15 is 0 Å². The Kier molecular flexibility index (Phi) is 6.45. The number of carbonyl (C=O) groups is 2. The predicted octanol–water partition coefficient (Wildman–Crippen LogP) is 4.25. The van der Waals surface area contributed by atoms with E-state index in [-0.39, 0.29) is 24.8 Å². The third-order valence-electron chi connectivity index (χ3n) is 4.04. The lowest BCUT2D eigenvalue weighted by Crippen LogP contribution is -2.36. The molecule has 0 unspecified atom stereocenters. The van der Waals surface area contributed by atoms with Crippen LogP contribution in [-0.2, 0) is 16.0 Å². The van der Waals surface area contributed by atoms with Crippen LogP contribution < -0.4 is 5.32 Å². The van der Waals surface area contributed by atoms with Gasteiger partial charge in [0.15, 0.2) is 0 Å². The van der Waals surface area contributed by atoms with Gasteiger partial charge in [0.05, 0.1) is 13.0 Å². The highest BCUT2D eigenvalue weighted by Gasteiger charge is 2.16. The molecule has 0 aliphatic heterocycles. The summed E-state index contributed by atoms with van der Waals surface area (Å²) in [5.74, 6) is -0.438. The Morgan fingerprint density at radius 2 is 1.84 bits per heavy atom. The summed E-state index contributed by atoms with van der Waals surface area (Å²) in [5, 5.41) is 3.80. The van der Waals surface area contributed by atoms with E-state index in [1.165, 1.54) is 4.90 Å². The third-order valence-corrected chi connectivity index (χ3v) is 4.63. The fourth-order valence-electron chi connectivity index (χ4n) is 2.34. The summed E-state index contributed by atoms with van der Waals surface area (Å²) in [4.78, 5) is 25.9. The molecule has 2 aromatic carbocycles. The Hall–Kier alpha value is -2.04. The van der Waals surface area contributed by atoms with Gasteiger partial charge in [-0.05, 0) is 48.7 Å². The Bertz CT molecular complexity index is 806. The molecule has 2 amide bonds. The number of aryl methyl sites for hydroxylation is 1. The number of benzene rings is 2. The average molecular weight is 379 g/mol. The lowest BCUT2D eigenvalue weighted by atomic mass is 10.1. The lowest BCUT2D eigenvalue weighted by Gasteiger charge is -2.18. The van der Waals surface area contributed by atoms with Gasteiger partial charge in [0.1, 0.15) is 0 Å². The molecular weight excluding hydrogens is 359 g/mol. The van der Waals surface area contributed by atoms with Gasteiger partial charge in [0.25, 0.3) is 0 Å². The molecule has 0 fully saturated rings. The monoisotopic (exact) mass is 378 g/mol. The van der Waals surface area contributed by atoms with Crippen molar-refractivity contribution in [3.05, 3.63) is 63.1 Å². The van der Waals surface area contributed by atoms with Crippen molar-refractivity contribution in [1.29, 1.82) is 0 Å². The van der Waals surface area contributed by atoms with E-state index in [1.54, 1.807) is 25.2 Å². The summed E-state index contributed by atoms with van der Waals surface area (Å²) < 4.78 is 0. The normalized spacial score (nSPS) is 10.4. The van der Waals surface area contributed by atoms with Crippen molar-refractivity contribution in [2.75, 3.05) is 18.9 Å². The van der Waals surface area contributed by atoms with Crippen molar-refractivity contribution in [2.24, 2.45) is 0 Å². The SMILES string of the molecule is Cc1cccc(NC(=O)CN(C)C(=O)Cc2ccc(Cl)cc2Cl)c1C. The lowest BCUT2D eigenvalue weighted by molar-refractivity contribution is -0.132. The molecule has 1 N–H and O–H groups in total. The highest BCUT2D eigenvalue weighted by atomic mass is 35.5. The molecule has 0 bridgehead atoms. The van der Waals surface area contributed by atoms with Gasteiger partial charge in [-0.15, -0.1) is 0 Å². The largest absolute Gasteiger partial charge is 0.336 e. The summed E-state index contributed by atoms with van der Waals surface area (Å²) in [6.45, 7) is 3.90. The van der Waals surface area contributed by atoms with Crippen molar-refractivity contribution < 1.29 is 9.59 Å². The van der Waals surface area contributed by atoms with Gasteiger partial charge in [0, 0.05) is 22.8 Å². The first-order chi connectivity index (χ1) is 11.8. The Morgan fingerprint density at radius 1 is 1.12 bits per heavy atom. The molecule has 2 rings (SSSR count). The predicted molar refractivity (Wildman–Crippen MR) is 102 cm³/mol. The first kappa shape index (κ1) is 19.3. The minimum Gasteiger partial charge on any atom is -0.336 e. The number of nitrogens with zero attached hydrogens (tertiary/aromatic N) is 1. The van der Waals surface area contributed by atoms with Gasteiger partial charge in [-0.25, -0.2) is 0 Å². The van der Waals surface area contributed by atoms with Crippen LogP contribution in [0, 0.1) is 13.8 Å². The number of rotatable bonds is 5. The first-order valence-corrected chi connectivity index (χ1v) is 8.57. The number of halogens is 2. The minimum atomic E-state index is -0.244. The quantitative estimate of drug-likeness (QED) is 0.845. The second kappa shape index (κ2) is 8.37. The molecule has 0 saturated carbocycles. The Balaban J connectivity index is 1.96. The van der Waals surface area contributed by atoms with Crippen LogP contribution in [0.2, 0.25) is 10.0 Å². The maximum atomic E-state index is 12.3. The van der Waals surface area contributed by atoms with Crippen molar-refractivity contribution in [3.8, 4) is 0 Å². The second-order valence-electron chi connectivity index (χ2n) is 5.96. The van der Waals surface area contributed by atoms with E-state index in [0.29, 0.717) is 15.6 Å². The number of hydrogen-bond donors (Lipinski definition) is 1. The van der Waals surface area contributed by atoms with Crippen molar-refractivity contribution in [2.45, 2.75) is 20.3 Å². The maximum absolute atomic E-state index is 12.3. The van der Waals surface area contributed by atoms with Crippen LogP contribution >= 0.6 is 23.2 Å². The third kappa shape index (κ3) is 5.21. The zero-order valence-electron chi connectivity index (χ0n) is 14.4. The molecule has 2 aromatic rings.